The fourth-order valence-corrected chi connectivity index (χ4v) is 3.29. The van der Waals surface area contributed by atoms with Crippen LogP contribution in [-0.4, -0.2) is 37.5 Å². The predicted octanol–water partition coefficient (Wildman–Crippen LogP) is 2.73. The SMILES string of the molecule is O=C(c1ccccc1-c1nn[nH]n1)N(Cc1ccsc1)C1CC1. The number of aromatic nitrogens is 4. The Morgan fingerprint density at radius 2 is 2.17 bits per heavy atom. The van der Waals surface area contributed by atoms with E-state index in [4.69, 9.17) is 0 Å². The largest absolute Gasteiger partial charge is 0.331 e. The Kier molecular flexibility index (Phi) is 3.63. The molecule has 1 saturated carbocycles. The number of hydrogen-bond acceptors (Lipinski definition) is 5. The first-order valence-corrected chi connectivity index (χ1v) is 8.42. The Bertz CT molecular complexity index is 796. The monoisotopic (exact) mass is 325 g/mol. The summed E-state index contributed by atoms with van der Waals surface area (Å²) in [4.78, 5) is 15.1. The molecule has 0 spiro atoms. The average Bonchev–Trinajstić information content (AvgIpc) is 3.06. The van der Waals surface area contributed by atoms with Gasteiger partial charge in [0, 0.05) is 18.2 Å². The van der Waals surface area contributed by atoms with Crippen LogP contribution >= 0.6 is 11.3 Å². The Labute approximate surface area is 137 Å². The average molecular weight is 325 g/mol. The van der Waals surface area contributed by atoms with Gasteiger partial charge in [0.15, 0.2) is 0 Å². The van der Waals surface area contributed by atoms with Crippen molar-refractivity contribution in [3.8, 4) is 11.4 Å². The fourth-order valence-electron chi connectivity index (χ4n) is 2.63. The molecule has 2 heterocycles. The first-order chi connectivity index (χ1) is 11.3. The minimum atomic E-state index is 0.0269. The highest BCUT2D eigenvalue weighted by Gasteiger charge is 2.34. The summed E-state index contributed by atoms with van der Waals surface area (Å²) in [5.41, 5.74) is 2.51. The van der Waals surface area contributed by atoms with E-state index < -0.39 is 0 Å². The third kappa shape index (κ3) is 2.87. The molecule has 2 aromatic heterocycles. The van der Waals surface area contributed by atoms with E-state index in [1.165, 1.54) is 5.56 Å². The summed E-state index contributed by atoms with van der Waals surface area (Å²) in [6.07, 6.45) is 2.14. The third-order valence-electron chi connectivity index (χ3n) is 3.93. The zero-order chi connectivity index (χ0) is 15.6. The minimum absolute atomic E-state index is 0.0269. The smallest absolute Gasteiger partial charge is 0.255 e. The summed E-state index contributed by atoms with van der Waals surface area (Å²) in [6, 6.07) is 9.83. The van der Waals surface area contributed by atoms with Crippen molar-refractivity contribution >= 4 is 17.2 Å². The Hall–Kier alpha value is -2.54. The minimum Gasteiger partial charge on any atom is -0.331 e. The molecule has 6 nitrogen and oxygen atoms in total. The van der Waals surface area contributed by atoms with Crippen LogP contribution in [0.5, 0.6) is 0 Å². The molecule has 1 fully saturated rings. The van der Waals surface area contributed by atoms with E-state index >= 15 is 0 Å². The third-order valence-corrected chi connectivity index (χ3v) is 4.66. The summed E-state index contributed by atoms with van der Waals surface area (Å²) < 4.78 is 0. The highest BCUT2D eigenvalue weighted by atomic mass is 32.1. The van der Waals surface area contributed by atoms with Crippen molar-refractivity contribution in [1.29, 1.82) is 0 Å². The lowest BCUT2D eigenvalue weighted by Crippen LogP contribution is -2.32. The number of carbonyl (C=O) groups excluding carboxylic acids is 1. The molecule has 1 aliphatic carbocycles. The van der Waals surface area contributed by atoms with Gasteiger partial charge in [-0.05, 0) is 46.5 Å². The van der Waals surface area contributed by atoms with E-state index in [1.807, 2.05) is 34.5 Å². The molecule has 0 bridgehead atoms. The Balaban J connectivity index is 1.67. The van der Waals surface area contributed by atoms with Crippen molar-refractivity contribution in [2.24, 2.45) is 0 Å². The molecular weight excluding hydrogens is 310 g/mol. The van der Waals surface area contributed by atoms with Crippen LogP contribution in [0.3, 0.4) is 0 Å². The molecule has 0 aliphatic heterocycles. The van der Waals surface area contributed by atoms with E-state index in [1.54, 1.807) is 11.3 Å². The Morgan fingerprint density at radius 3 is 2.87 bits per heavy atom. The van der Waals surface area contributed by atoms with Crippen LogP contribution in [0.2, 0.25) is 0 Å². The zero-order valence-corrected chi connectivity index (χ0v) is 13.2. The molecule has 0 radical (unpaired) electrons. The van der Waals surface area contributed by atoms with Gasteiger partial charge in [-0.3, -0.25) is 4.79 Å². The van der Waals surface area contributed by atoms with Crippen LogP contribution in [-0.2, 0) is 6.54 Å². The molecule has 0 unspecified atom stereocenters. The lowest BCUT2D eigenvalue weighted by atomic mass is 10.1. The molecule has 7 heteroatoms. The molecule has 1 aliphatic rings. The number of nitrogens with one attached hydrogen (secondary N) is 1. The lowest BCUT2D eigenvalue weighted by Gasteiger charge is -2.23. The summed E-state index contributed by atoms with van der Waals surface area (Å²) in [5, 5.41) is 18.2. The number of benzene rings is 1. The van der Waals surface area contributed by atoms with E-state index in [-0.39, 0.29) is 5.91 Å². The second kappa shape index (κ2) is 5.92. The van der Waals surface area contributed by atoms with Gasteiger partial charge >= 0.3 is 0 Å². The molecule has 0 atom stereocenters. The molecular formula is C16H15N5OS. The van der Waals surface area contributed by atoms with Crippen LogP contribution in [0.15, 0.2) is 41.1 Å². The molecule has 1 aromatic carbocycles. The standard InChI is InChI=1S/C16H15N5OS/c22-16(21(12-5-6-12)9-11-7-8-23-10-11)14-4-2-1-3-13(14)15-17-19-20-18-15/h1-4,7-8,10,12H,5-6,9H2,(H,17,18,19,20). The summed E-state index contributed by atoms with van der Waals surface area (Å²) >= 11 is 1.65. The summed E-state index contributed by atoms with van der Waals surface area (Å²) in [6.45, 7) is 0.646. The maximum absolute atomic E-state index is 13.1. The van der Waals surface area contributed by atoms with Gasteiger partial charge < -0.3 is 4.90 Å². The second-order valence-corrected chi connectivity index (χ2v) is 6.36. The second-order valence-electron chi connectivity index (χ2n) is 5.58. The van der Waals surface area contributed by atoms with E-state index in [9.17, 15) is 4.79 Å². The van der Waals surface area contributed by atoms with Gasteiger partial charge in [0.25, 0.3) is 5.91 Å². The van der Waals surface area contributed by atoms with Gasteiger partial charge in [-0.25, -0.2) is 0 Å². The number of H-pyrrole nitrogens is 1. The molecule has 116 valence electrons. The molecule has 23 heavy (non-hydrogen) atoms. The highest BCUT2D eigenvalue weighted by Crippen LogP contribution is 2.32. The van der Waals surface area contributed by atoms with Crippen molar-refractivity contribution in [3.63, 3.8) is 0 Å². The van der Waals surface area contributed by atoms with E-state index in [0.29, 0.717) is 29.5 Å². The number of hydrogen-bond donors (Lipinski definition) is 1. The Morgan fingerprint density at radius 1 is 1.30 bits per heavy atom. The fraction of sp³-hybridized carbons (Fsp3) is 0.250. The van der Waals surface area contributed by atoms with Crippen molar-refractivity contribution in [1.82, 2.24) is 25.5 Å². The first-order valence-electron chi connectivity index (χ1n) is 7.48. The first kappa shape index (κ1) is 14.1. The number of tetrazole rings is 1. The molecule has 1 N–H and O–H groups in total. The van der Waals surface area contributed by atoms with Crippen molar-refractivity contribution in [3.05, 3.63) is 52.2 Å². The molecule has 1 amide bonds. The summed E-state index contributed by atoms with van der Waals surface area (Å²) in [7, 11) is 0. The molecule has 3 aromatic rings. The van der Waals surface area contributed by atoms with Crippen LogP contribution in [0.1, 0.15) is 28.8 Å². The van der Waals surface area contributed by atoms with Crippen LogP contribution < -0.4 is 0 Å². The lowest BCUT2D eigenvalue weighted by molar-refractivity contribution is 0.0731. The van der Waals surface area contributed by atoms with Crippen molar-refractivity contribution < 1.29 is 4.79 Å². The quantitative estimate of drug-likeness (QED) is 0.782. The number of amides is 1. The predicted molar refractivity (Wildman–Crippen MR) is 86.8 cm³/mol. The van der Waals surface area contributed by atoms with Gasteiger partial charge in [-0.2, -0.15) is 16.6 Å². The van der Waals surface area contributed by atoms with Gasteiger partial charge in [0.1, 0.15) is 0 Å². The van der Waals surface area contributed by atoms with Crippen LogP contribution in [0.25, 0.3) is 11.4 Å². The normalized spacial score (nSPS) is 13.9. The topological polar surface area (TPSA) is 74.8 Å². The number of carbonyl (C=O) groups is 1. The van der Waals surface area contributed by atoms with Crippen molar-refractivity contribution in [2.75, 3.05) is 0 Å². The highest BCUT2D eigenvalue weighted by molar-refractivity contribution is 7.07. The van der Waals surface area contributed by atoms with Gasteiger partial charge in [-0.15, -0.1) is 10.2 Å². The van der Waals surface area contributed by atoms with Gasteiger partial charge in [0.2, 0.25) is 5.82 Å². The molecule has 4 rings (SSSR count). The number of rotatable bonds is 5. The van der Waals surface area contributed by atoms with E-state index in [2.05, 4.69) is 32.1 Å². The number of nitrogens with zero attached hydrogens (tertiary/aromatic N) is 4. The molecule has 0 saturated heterocycles. The van der Waals surface area contributed by atoms with Crippen molar-refractivity contribution in [2.45, 2.75) is 25.4 Å². The maximum Gasteiger partial charge on any atom is 0.255 e. The zero-order valence-electron chi connectivity index (χ0n) is 12.3. The summed E-state index contributed by atoms with van der Waals surface area (Å²) in [5.74, 6) is 0.472. The van der Waals surface area contributed by atoms with Gasteiger partial charge in [0.05, 0.1) is 5.56 Å². The number of aromatic amines is 1. The maximum atomic E-state index is 13.1. The van der Waals surface area contributed by atoms with Gasteiger partial charge in [-0.1, -0.05) is 18.2 Å². The van der Waals surface area contributed by atoms with Crippen LogP contribution in [0.4, 0.5) is 0 Å². The van der Waals surface area contributed by atoms with Crippen LogP contribution in [0, 0.1) is 0 Å². The number of thiophene rings is 1. The van der Waals surface area contributed by atoms with E-state index in [0.717, 1.165) is 12.8 Å².